The Morgan fingerprint density at radius 3 is 2.38 bits per heavy atom. The molecule has 3 nitrogen and oxygen atoms in total. The minimum atomic E-state index is -0.829. The summed E-state index contributed by atoms with van der Waals surface area (Å²) in [7, 11) is -0.829. The summed E-state index contributed by atoms with van der Waals surface area (Å²) in [6.45, 7) is 9.94. The van der Waals surface area contributed by atoms with Gasteiger partial charge >= 0.3 is 0 Å². The van der Waals surface area contributed by atoms with Gasteiger partial charge in [0, 0.05) is 35.0 Å². The molecule has 0 radical (unpaired) electrons. The van der Waals surface area contributed by atoms with Crippen LogP contribution in [0.5, 0.6) is 0 Å². The van der Waals surface area contributed by atoms with Gasteiger partial charge in [-0.2, -0.15) is 0 Å². The highest BCUT2D eigenvalue weighted by Crippen LogP contribution is 2.30. The molecule has 4 heteroatoms. The Labute approximate surface area is 132 Å². The van der Waals surface area contributed by atoms with Crippen molar-refractivity contribution in [3.63, 3.8) is 0 Å². The van der Waals surface area contributed by atoms with Crippen molar-refractivity contribution < 1.29 is 8.95 Å². The lowest BCUT2D eigenvalue weighted by Crippen LogP contribution is -2.34. The molecule has 0 aliphatic carbocycles. The minimum Gasteiger partial charge on any atom is -0.368 e. The maximum Gasteiger partial charge on any atom is 0.0968 e. The van der Waals surface area contributed by atoms with Crippen molar-refractivity contribution in [3.8, 4) is 0 Å². The van der Waals surface area contributed by atoms with Crippen molar-refractivity contribution >= 4 is 10.8 Å². The zero-order valence-electron chi connectivity index (χ0n) is 13.7. The van der Waals surface area contributed by atoms with Crippen LogP contribution in [0.4, 0.5) is 0 Å². The zero-order valence-corrected chi connectivity index (χ0v) is 14.6. The molecule has 3 rings (SSSR count). The van der Waals surface area contributed by atoms with Crippen molar-refractivity contribution in [2.45, 2.75) is 50.7 Å². The van der Waals surface area contributed by atoms with E-state index in [2.05, 4.69) is 11.8 Å². The fourth-order valence-electron chi connectivity index (χ4n) is 2.38. The molecule has 2 heterocycles. The second-order valence-electron chi connectivity index (χ2n) is 5.07. The number of likely N-dealkylation sites (tertiary alicyclic amines) is 1. The molecular formula is C17H29NO2S. The maximum atomic E-state index is 10.8. The number of hydrogen-bond acceptors (Lipinski definition) is 3. The number of piperidine rings is 1. The third kappa shape index (κ3) is 6.72. The monoisotopic (exact) mass is 311 g/mol. The maximum absolute atomic E-state index is 10.8. The van der Waals surface area contributed by atoms with Crippen LogP contribution >= 0.6 is 0 Å². The lowest BCUT2D eigenvalue weighted by molar-refractivity contribution is 0.246. The molecule has 0 N–H and O–H groups in total. The van der Waals surface area contributed by atoms with E-state index in [0.29, 0.717) is 12.2 Å². The molecule has 0 saturated carbocycles. The lowest BCUT2D eigenvalue weighted by Gasteiger charge is -2.22. The van der Waals surface area contributed by atoms with Crippen LogP contribution in [-0.4, -0.2) is 47.2 Å². The first-order valence-corrected chi connectivity index (χ1v) is 9.52. The smallest absolute Gasteiger partial charge is 0.0968 e. The molecule has 2 aliphatic heterocycles. The Morgan fingerprint density at radius 1 is 1.24 bits per heavy atom. The molecule has 3 atom stereocenters. The second-order valence-corrected chi connectivity index (χ2v) is 6.45. The molecule has 0 amide bonds. The quantitative estimate of drug-likeness (QED) is 0.803. The Balaban J connectivity index is 0.000000189. The van der Waals surface area contributed by atoms with Gasteiger partial charge in [-0.15, -0.1) is 0 Å². The van der Waals surface area contributed by atoms with Gasteiger partial charge in [0.25, 0.3) is 0 Å². The summed E-state index contributed by atoms with van der Waals surface area (Å²) in [6.07, 6.45) is 5.48. The number of fused-ring (bicyclic) bond motifs is 1. The van der Waals surface area contributed by atoms with Gasteiger partial charge < -0.3 is 9.64 Å². The normalized spacial score (nSPS) is 24.6. The molecule has 1 aromatic rings. The van der Waals surface area contributed by atoms with Crippen LogP contribution in [-0.2, 0) is 15.5 Å². The van der Waals surface area contributed by atoms with Crippen LogP contribution in [0.1, 0.15) is 33.6 Å². The van der Waals surface area contributed by atoms with E-state index in [0.717, 1.165) is 4.90 Å². The van der Waals surface area contributed by atoms with E-state index in [4.69, 9.17) is 4.74 Å². The van der Waals surface area contributed by atoms with Crippen molar-refractivity contribution in [2.75, 3.05) is 25.9 Å². The summed E-state index contributed by atoms with van der Waals surface area (Å²) < 4.78 is 16.2. The van der Waals surface area contributed by atoms with Crippen molar-refractivity contribution in [3.05, 3.63) is 30.3 Å². The SMILES string of the molecule is CC.CCCN1CCC2OC2C1.CS(=O)c1ccccc1. The molecule has 0 aromatic heterocycles. The minimum absolute atomic E-state index is 0.611. The predicted octanol–water partition coefficient (Wildman–Crippen LogP) is 3.32. The van der Waals surface area contributed by atoms with E-state index in [1.54, 1.807) is 6.26 Å². The van der Waals surface area contributed by atoms with Crippen LogP contribution in [0, 0.1) is 0 Å². The summed E-state index contributed by atoms with van der Waals surface area (Å²) in [5.41, 5.74) is 0. The van der Waals surface area contributed by atoms with Crippen molar-refractivity contribution in [1.29, 1.82) is 0 Å². The molecule has 2 fully saturated rings. The van der Waals surface area contributed by atoms with Crippen molar-refractivity contribution in [2.24, 2.45) is 0 Å². The molecule has 2 aliphatic rings. The number of hydrogen-bond donors (Lipinski definition) is 0. The van der Waals surface area contributed by atoms with E-state index in [9.17, 15) is 4.21 Å². The summed E-state index contributed by atoms with van der Waals surface area (Å²) in [4.78, 5) is 3.39. The van der Waals surface area contributed by atoms with Crippen LogP contribution < -0.4 is 0 Å². The van der Waals surface area contributed by atoms with E-state index in [1.807, 2.05) is 44.2 Å². The van der Waals surface area contributed by atoms with Crippen LogP contribution in [0.3, 0.4) is 0 Å². The van der Waals surface area contributed by atoms with Gasteiger partial charge in [-0.3, -0.25) is 4.21 Å². The fraction of sp³-hybridized carbons (Fsp3) is 0.647. The first-order chi connectivity index (χ1) is 10.2. The summed E-state index contributed by atoms with van der Waals surface area (Å²) in [6, 6.07) is 9.40. The molecule has 0 spiro atoms. The fourth-order valence-corrected chi connectivity index (χ4v) is 2.92. The highest BCUT2D eigenvalue weighted by atomic mass is 32.2. The van der Waals surface area contributed by atoms with Crippen LogP contribution in [0.2, 0.25) is 0 Å². The first-order valence-electron chi connectivity index (χ1n) is 7.97. The molecule has 3 unspecified atom stereocenters. The largest absolute Gasteiger partial charge is 0.368 e. The Hall–Kier alpha value is -0.710. The first kappa shape index (κ1) is 18.3. The van der Waals surface area contributed by atoms with Gasteiger partial charge in [0.2, 0.25) is 0 Å². The number of rotatable bonds is 3. The van der Waals surface area contributed by atoms with Gasteiger partial charge in [-0.25, -0.2) is 0 Å². The molecule has 2 saturated heterocycles. The number of epoxide rings is 1. The Bertz CT molecular complexity index is 411. The highest BCUT2D eigenvalue weighted by Gasteiger charge is 2.42. The van der Waals surface area contributed by atoms with Gasteiger partial charge in [0.1, 0.15) is 0 Å². The number of ether oxygens (including phenoxy) is 1. The van der Waals surface area contributed by atoms with Gasteiger partial charge in [-0.05, 0) is 31.5 Å². The topological polar surface area (TPSA) is 32.8 Å². The zero-order chi connectivity index (χ0) is 15.7. The van der Waals surface area contributed by atoms with Gasteiger partial charge in [0.15, 0.2) is 0 Å². The molecular weight excluding hydrogens is 282 g/mol. The summed E-state index contributed by atoms with van der Waals surface area (Å²) in [5.74, 6) is 0. The van der Waals surface area contributed by atoms with Gasteiger partial charge in [-0.1, -0.05) is 39.0 Å². The van der Waals surface area contributed by atoms with Crippen LogP contribution in [0.15, 0.2) is 35.2 Å². The summed E-state index contributed by atoms with van der Waals surface area (Å²) >= 11 is 0. The van der Waals surface area contributed by atoms with Crippen molar-refractivity contribution in [1.82, 2.24) is 4.90 Å². The molecule has 1 aromatic carbocycles. The lowest BCUT2D eigenvalue weighted by atomic mass is 10.1. The van der Waals surface area contributed by atoms with E-state index in [-0.39, 0.29) is 0 Å². The number of benzene rings is 1. The van der Waals surface area contributed by atoms with Crippen LogP contribution in [0.25, 0.3) is 0 Å². The standard InChI is InChI=1S/C8H15NO.C7H8OS.C2H6/c1-2-4-9-5-3-7-8(6-9)10-7;1-9(8)7-5-3-2-4-6-7;1-2/h7-8H,2-6H2,1H3;2-6H,1H3;1-2H3. The average Bonchev–Trinajstić information content (AvgIpc) is 3.30. The van der Waals surface area contributed by atoms with Gasteiger partial charge in [0.05, 0.1) is 12.2 Å². The highest BCUT2D eigenvalue weighted by molar-refractivity contribution is 7.84. The number of nitrogens with zero attached hydrogens (tertiary/aromatic N) is 1. The third-order valence-corrected chi connectivity index (χ3v) is 4.41. The third-order valence-electron chi connectivity index (χ3n) is 3.47. The second kappa shape index (κ2) is 10.1. The predicted molar refractivity (Wildman–Crippen MR) is 90.1 cm³/mol. The van der Waals surface area contributed by atoms with E-state index >= 15 is 0 Å². The Kier molecular flexibility index (Phi) is 8.81. The van der Waals surface area contributed by atoms with E-state index in [1.165, 1.54) is 32.5 Å². The molecule has 120 valence electrons. The molecule has 0 bridgehead atoms. The van der Waals surface area contributed by atoms with E-state index < -0.39 is 10.8 Å². The Morgan fingerprint density at radius 2 is 1.90 bits per heavy atom. The average molecular weight is 311 g/mol. The molecule has 21 heavy (non-hydrogen) atoms. The summed E-state index contributed by atoms with van der Waals surface area (Å²) in [5, 5.41) is 0.